The normalized spacial score (nSPS) is 24.7. The zero-order valence-electron chi connectivity index (χ0n) is 8.42. The quantitative estimate of drug-likeness (QED) is 0.631. The third-order valence-electron chi connectivity index (χ3n) is 3.00. The fraction of sp³-hybridized carbons (Fsp3) is 0.600. The number of nitrogens with zero attached hydrogens (tertiary/aromatic N) is 1. The second-order valence-electron chi connectivity index (χ2n) is 4.28. The first kappa shape index (κ1) is 8.91. The number of H-pyrrole nitrogens is 1. The van der Waals surface area contributed by atoms with Crippen LogP contribution in [0.15, 0.2) is 6.20 Å². The molecule has 0 radical (unpaired) electrons. The third kappa shape index (κ3) is 1.63. The SMILES string of the molecule is O=C(NC1CC1)C1CNCc2cn[nH]c21. The van der Waals surface area contributed by atoms with E-state index in [1.165, 1.54) is 0 Å². The first-order valence-electron chi connectivity index (χ1n) is 5.38. The number of carbonyl (C=O) groups is 1. The Balaban J connectivity index is 1.79. The lowest BCUT2D eigenvalue weighted by molar-refractivity contribution is -0.122. The molecule has 1 fully saturated rings. The summed E-state index contributed by atoms with van der Waals surface area (Å²) in [6.45, 7) is 1.51. The van der Waals surface area contributed by atoms with E-state index < -0.39 is 0 Å². The van der Waals surface area contributed by atoms with E-state index in [0.717, 1.165) is 30.6 Å². The van der Waals surface area contributed by atoms with Crippen molar-refractivity contribution in [1.29, 1.82) is 0 Å². The van der Waals surface area contributed by atoms with Crippen LogP contribution >= 0.6 is 0 Å². The molecule has 2 heterocycles. The highest BCUT2D eigenvalue weighted by molar-refractivity contribution is 5.84. The summed E-state index contributed by atoms with van der Waals surface area (Å²) in [4.78, 5) is 11.9. The maximum absolute atomic E-state index is 11.9. The van der Waals surface area contributed by atoms with Gasteiger partial charge < -0.3 is 10.6 Å². The monoisotopic (exact) mass is 206 g/mol. The summed E-state index contributed by atoms with van der Waals surface area (Å²) < 4.78 is 0. The molecular weight excluding hydrogens is 192 g/mol. The van der Waals surface area contributed by atoms with Gasteiger partial charge in [0, 0.05) is 24.7 Å². The smallest absolute Gasteiger partial charge is 0.230 e. The molecule has 80 valence electrons. The molecule has 0 aromatic carbocycles. The van der Waals surface area contributed by atoms with Crippen molar-refractivity contribution in [2.75, 3.05) is 6.54 Å². The van der Waals surface area contributed by atoms with Crippen LogP contribution in [0.5, 0.6) is 0 Å². The molecule has 1 aromatic heterocycles. The summed E-state index contributed by atoms with van der Waals surface area (Å²) in [6.07, 6.45) is 4.04. The largest absolute Gasteiger partial charge is 0.353 e. The molecule has 0 saturated heterocycles. The van der Waals surface area contributed by atoms with E-state index in [1.807, 2.05) is 0 Å². The number of amides is 1. The molecule has 3 N–H and O–H groups in total. The first-order chi connectivity index (χ1) is 7.34. The number of carbonyl (C=O) groups excluding carboxylic acids is 1. The molecule has 1 amide bonds. The van der Waals surface area contributed by atoms with Crippen LogP contribution < -0.4 is 10.6 Å². The lowest BCUT2D eigenvalue weighted by atomic mass is 9.97. The third-order valence-corrected chi connectivity index (χ3v) is 3.00. The molecule has 1 aliphatic carbocycles. The molecule has 3 rings (SSSR count). The average Bonchev–Trinajstić information content (AvgIpc) is 2.93. The number of nitrogens with one attached hydrogen (secondary N) is 3. The molecule has 1 aliphatic heterocycles. The Morgan fingerprint density at radius 2 is 2.40 bits per heavy atom. The van der Waals surface area contributed by atoms with E-state index >= 15 is 0 Å². The molecule has 2 aliphatic rings. The van der Waals surface area contributed by atoms with Gasteiger partial charge in [0.2, 0.25) is 5.91 Å². The maximum atomic E-state index is 11.9. The number of hydrogen-bond donors (Lipinski definition) is 3. The Labute approximate surface area is 87.6 Å². The number of hydrogen-bond acceptors (Lipinski definition) is 3. The van der Waals surface area contributed by atoms with Gasteiger partial charge in [0.15, 0.2) is 0 Å². The molecule has 1 atom stereocenters. The number of aromatic nitrogens is 2. The second kappa shape index (κ2) is 3.34. The van der Waals surface area contributed by atoms with Crippen molar-refractivity contribution in [3.8, 4) is 0 Å². The van der Waals surface area contributed by atoms with E-state index in [1.54, 1.807) is 6.20 Å². The zero-order chi connectivity index (χ0) is 10.3. The van der Waals surface area contributed by atoms with Crippen LogP contribution in [0.2, 0.25) is 0 Å². The van der Waals surface area contributed by atoms with Gasteiger partial charge >= 0.3 is 0 Å². The van der Waals surface area contributed by atoms with Crippen molar-refractivity contribution in [3.05, 3.63) is 17.5 Å². The summed E-state index contributed by atoms with van der Waals surface area (Å²) in [5.74, 6) is 0.0204. The van der Waals surface area contributed by atoms with Gasteiger partial charge in [0.1, 0.15) is 0 Å². The molecular formula is C10H14N4O. The average molecular weight is 206 g/mol. The highest BCUT2D eigenvalue weighted by atomic mass is 16.2. The second-order valence-corrected chi connectivity index (χ2v) is 4.28. The predicted octanol–water partition coefficient (Wildman–Crippen LogP) is -0.125. The fourth-order valence-corrected chi connectivity index (χ4v) is 1.97. The topological polar surface area (TPSA) is 69.8 Å². The lowest BCUT2D eigenvalue weighted by Crippen LogP contribution is -2.39. The number of fused-ring (bicyclic) bond motifs is 1. The van der Waals surface area contributed by atoms with Crippen molar-refractivity contribution in [2.24, 2.45) is 0 Å². The van der Waals surface area contributed by atoms with E-state index in [9.17, 15) is 4.79 Å². The Hall–Kier alpha value is -1.36. The molecule has 1 unspecified atom stereocenters. The van der Waals surface area contributed by atoms with Crippen molar-refractivity contribution in [2.45, 2.75) is 31.3 Å². The van der Waals surface area contributed by atoms with Gasteiger partial charge in [-0.1, -0.05) is 0 Å². The zero-order valence-corrected chi connectivity index (χ0v) is 8.42. The van der Waals surface area contributed by atoms with Crippen LogP contribution in [0, 0.1) is 0 Å². The van der Waals surface area contributed by atoms with E-state index in [2.05, 4.69) is 20.8 Å². The number of rotatable bonds is 2. The predicted molar refractivity (Wildman–Crippen MR) is 54.2 cm³/mol. The van der Waals surface area contributed by atoms with Gasteiger partial charge in [0.25, 0.3) is 0 Å². The molecule has 0 spiro atoms. The molecule has 15 heavy (non-hydrogen) atoms. The summed E-state index contributed by atoms with van der Waals surface area (Å²) in [5, 5.41) is 13.2. The lowest BCUT2D eigenvalue weighted by Gasteiger charge is -2.21. The Morgan fingerprint density at radius 1 is 1.53 bits per heavy atom. The van der Waals surface area contributed by atoms with Crippen molar-refractivity contribution in [1.82, 2.24) is 20.8 Å². The van der Waals surface area contributed by atoms with Crippen molar-refractivity contribution in [3.63, 3.8) is 0 Å². The first-order valence-corrected chi connectivity index (χ1v) is 5.38. The van der Waals surface area contributed by atoms with Crippen LogP contribution in [0.4, 0.5) is 0 Å². The fourth-order valence-electron chi connectivity index (χ4n) is 1.97. The van der Waals surface area contributed by atoms with Crippen LogP contribution in [0.3, 0.4) is 0 Å². The van der Waals surface area contributed by atoms with Gasteiger partial charge in [0.05, 0.1) is 17.8 Å². The van der Waals surface area contributed by atoms with Crippen molar-refractivity contribution >= 4 is 5.91 Å². The molecule has 1 aromatic rings. The summed E-state index contributed by atoms with van der Waals surface area (Å²) in [5.41, 5.74) is 2.09. The van der Waals surface area contributed by atoms with Crippen molar-refractivity contribution < 1.29 is 4.79 Å². The standard InChI is InChI=1S/C10H14N4O/c15-10(13-7-1-2-7)8-5-11-3-6-4-12-14-9(6)8/h4,7-8,11H,1-3,5H2,(H,12,14)(H,13,15). The van der Waals surface area contributed by atoms with Gasteiger partial charge in [-0.25, -0.2) is 0 Å². The Bertz CT molecular complexity index is 383. The molecule has 1 saturated carbocycles. The van der Waals surface area contributed by atoms with Crippen LogP contribution in [-0.2, 0) is 11.3 Å². The maximum Gasteiger partial charge on any atom is 0.230 e. The van der Waals surface area contributed by atoms with Gasteiger partial charge in [-0.2, -0.15) is 5.10 Å². The Morgan fingerprint density at radius 3 is 3.20 bits per heavy atom. The highest BCUT2D eigenvalue weighted by Gasteiger charge is 2.31. The molecule has 5 nitrogen and oxygen atoms in total. The Kier molecular flexibility index (Phi) is 1.98. The van der Waals surface area contributed by atoms with Gasteiger partial charge in [-0.15, -0.1) is 0 Å². The summed E-state index contributed by atoms with van der Waals surface area (Å²) >= 11 is 0. The molecule has 0 bridgehead atoms. The van der Waals surface area contributed by atoms with E-state index in [4.69, 9.17) is 0 Å². The minimum absolute atomic E-state index is 0.100. The number of aromatic amines is 1. The summed E-state index contributed by atoms with van der Waals surface area (Å²) in [6, 6.07) is 0.422. The molecule has 5 heteroatoms. The van der Waals surface area contributed by atoms with E-state index in [0.29, 0.717) is 12.6 Å². The minimum atomic E-state index is -0.100. The van der Waals surface area contributed by atoms with Crippen LogP contribution in [0.25, 0.3) is 0 Å². The van der Waals surface area contributed by atoms with Crippen LogP contribution in [0.1, 0.15) is 30.0 Å². The van der Waals surface area contributed by atoms with Crippen LogP contribution in [-0.4, -0.2) is 28.7 Å². The summed E-state index contributed by atoms with van der Waals surface area (Å²) in [7, 11) is 0. The van der Waals surface area contributed by atoms with E-state index in [-0.39, 0.29) is 11.8 Å². The van der Waals surface area contributed by atoms with Gasteiger partial charge in [-0.05, 0) is 12.8 Å². The van der Waals surface area contributed by atoms with Gasteiger partial charge in [-0.3, -0.25) is 9.89 Å². The minimum Gasteiger partial charge on any atom is -0.353 e. The highest BCUT2D eigenvalue weighted by Crippen LogP contribution is 2.24.